The highest BCUT2D eigenvalue weighted by atomic mass is 16.1. The molecule has 2 rings (SSSR count). The highest BCUT2D eigenvalue weighted by Crippen LogP contribution is 2.15. The van der Waals surface area contributed by atoms with E-state index in [9.17, 15) is 9.59 Å². The van der Waals surface area contributed by atoms with Gasteiger partial charge in [0.05, 0.1) is 10.7 Å². The van der Waals surface area contributed by atoms with Crippen molar-refractivity contribution in [1.29, 1.82) is 0 Å². The van der Waals surface area contributed by atoms with Gasteiger partial charge in [-0.15, -0.1) is 0 Å². The Bertz CT molecular complexity index is 840. The topological polar surface area (TPSA) is 72.8 Å². The molecule has 2 aromatic rings. The zero-order valence-corrected chi connectivity index (χ0v) is 15.0. The number of ketones is 2. The van der Waals surface area contributed by atoms with E-state index in [1.165, 1.54) is 12.2 Å². The maximum absolute atomic E-state index is 12.4. The molecule has 0 aromatic carbocycles. The molecule has 0 saturated carbocycles. The predicted octanol–water partition coefficient (Wildman–Crippen LogP) is 1.82. The molecule has 0 amide bonds. The van der Waals surface area contributed by atoms with Crippen LogP contribution < -0.4 is 10.7 Å². The maximum Gasteiger partial charge on any atom is 0.178 e. The summed E-state index contributed by atoms with van der Waals surface area (Å²) in [5.74, 6) is -0.150. The van der Waals surface area contributed by atoms with Gasteiger partial charge in [-0.05, 0) is 12.1 Å². The lowest BCUT2D eigenvalue weighted by Gasteiger charge is -2.13. The summed E-state index contributed by atoms with van der Waals surface area (Å²) in [6.07, 6.45) is 4.53. The fourth-order valence-electron chi connectivity index (χ4n) is 1.81. The number of Topliss-reactive ketones (excluding diaryl/α,β-unsaturated/α-hetero) is 2. The largest absolute Gasteiger partial charge is 0.294 e. The van der Waals surface area contributed by atoms with Gasteiger partial charge in [0.2, 0.25) is 0 Å². The Morgan fingerprint density at radius 1 is 0.875 bits per heavy atom. The second kappa shape index (κ2) is 6.23. The standard InChI is InChI=1S/C19H23N3O2/c1-18(2,3)15(23)10-13-14(11-16(24)19(4,5)6)22-17-12(21-13)8-7-9-20-17/h7-11H,1-6H3. The van der Waals surface area contributed by atoms with Crippen LogP contribution in [0.2, 0.25) is 0 Å². The van der Waals surface area contributed by atoms with Gasteiger partial charge in [0.15, 0.2) is 17.2 Å². The molecule has 0 bridgehead atoms. The van der Waals surface area contributed by atoms with Gasteiger partial charge < -0.3 is 0 Å². The Hall–Kier alpha value is -2.43. The molecular weight excluding hydrogens is 302 g/mol. The monoisotopic (exact) mass is 325 g/mol. The van der Waals surface area contributed by atoms with Crippen molar-refractivity contribution in [2.24, 2.45) is 10.8 Å². The number of rotatable bonds is 2. The van der Waals surface area contributed by atoms with Crippen molar-refractivity contribution < 1.29 is 9.59 Å². The highest BCUT2D eigenvalue weighted by molar-refractivity contribution is 6.10. The van der Waals surface area contributed by atoms with Crippen molar-refractivity contribution in [3.05, 3.63) is 29.0 Å². The van der Waals surface area contributed by atoms with Crippen LogP contribution in [0.4, 0.5) is 0 Å². The van der Waals surface area contributed by atoms with Gasteiger partial charge in [-0.1, -0.05) is 41.5 Å². The van der Waals surface area contributed by atoms with E-state index in [0.29, 0.717) is 21.9 Å². The van der Waals surface area contributed by atoms with E-state index in [-0.39, 0.29) is 11.6 Å². The molecule has 0 saturated heterocycles. The average Bonchev–Trinajstić information content (AvgIpc) is 2.45. The number of aromatic nitrogens is 3. The fourth-order valence-corrected chi connectivity index (χ4v) is 1.81. The summed E-state index contributed by atoms with van der Waals surface area (Å²) in [7, 11) is 0. The highest BCUT2D eigenvalue weighted by Gasteiger charge is 2.20. The molecule has 126 valence electrons. The van der Waals surface area contributed by atoms with Crippen LogP contribution in [0, 0.1) is 10.8 Å². The predicted molar refractivity (Wildman–Crippen MR) is 94.4 cm³/mol. The van der Waals surface area contributed by atoms with E-state index in [2.05, 4.69) is 15.0 Å². The molecule has 0 aliphatic rings. The summed E-state index contributed by atoms with van der Waals surface area (Å²) in [6, 6.07) is 3.54. The third-order valence-electron chi connectivity index (χ3n) is 3.51. The Morgan fingerprint density at radius 2 is 1.38 bits per heavy atom. The SMILES string of the molecule is CC(C)(C)C(=O)C=c1nc2cccnc2nc1=CC(=O)C(C)(C)C. The molecular formula is C19H23N3O2. The van der Waals surface area contributed by atoms with Crippen LogP contribution in [0.15, 0.2) is 18.3 Å². The summed E-state index contributed by atoms with van der Waals surface area (Å²) in [5.41, 5.74) is -0.0280. The summed E-state index contributed by atoms with van der Waals surface area (Å²) in [6.45, 7) is 11.0. The Morgan fingerprint density at radius 3 is 1.88 bits per heavy atom. The normalized spacial score (nSPS) is 14.2. The molecule has 2 aromatic heterocycles. The summed E-state index contributed by atoms with van der Waals surface area (Å²) in [4.78, 5) is 37.8. The van der Waals surface area contributed by atoms with E-state index in [1.807, 2.05) is 41.5 Å². The summed E-state index contributed by atoms with van der Waals surface area (Å²) >= 11 is 0. The van der Waals surface area contributed by atoms with Crippen LogP contribution >= 0.6 is 0 Å². The summed E-state index contributed by atoms with van der Waals surface area (Å²) < 4.78 is 0. The Labute approximate surface area is 141 Å². The van der Waals surface area contributed by atoms with Gasteiger partial charge in [0, 0.05) is 29.2 Å². The van der Waals surface area contributed by atoms with Crippen molar-refractivity contribution in [1.82, 2.24) is 15.0 Å². The van der Waals surface area contributed by atoms with Crippen molar-refractivity contribution in [2.75, 3.05) is 0 Å². The summed E-state index contributed by atoms with van der Waals surface area (Å²) in [5, 5.41) is 0.770. The van der Waals surface area contributed by atoms with E-state index in [1.54, 1.807) is 18.3 Å². The average molecular weight is 325 g/mol. The number of hydrogen-bond acceptors (Lipinski definition) is 5. The van der Waals surface area contributed by atoms with E-state index in [4.69, 9.17) is 0 Å². The first-order chi connectivity index (χ1) is 11.0. The van der Waals surface area contributed by atoms with Crippen molar-refractivity contribution in [3.63, 3.8) is 0 Å². The van der Waals surface area contributed by atoms with Crippen LogP contribution in [0.1, 0.15) is 41.5 Å². The first-order valence-corrected chi connectivity index (χ1v) is 7.89. The van der Waals surface area contributed by atoms with Gasteiger partial charge in [0.25, 0.3) is 0 Å². The lowest BCUT2D eigenvalue weighted by Crippen LogP contribution is -2.36. The fraction of sp³-hybridized carbons (Fsp3) is 0.421. The lowest BCUT2D eigenvalue weighted by atomic mass is 9.90. The molecule has 0 N–H and O–H groups in total. The zero-order chi connectivity index (χ0) is 18.1. The minimum Gasteiger partial charge on any atom is -0.294 e. The second-order valence-electron chi connectivity index (χ2n) is 7.86. The molecule has 5 heteroatoms. The second-order valence-corrected chi connectivity index (χ2v) is 7.86. The molecule has 0 aliphatic heterocycles. The van der Waals surface area contributed by atoms with Gasteiger partial charge in [-0.25, -0.2) is 15.0 Å². The number of pyridine rings is 1. The Balaban J connectivity index is 2.79. The number of nitrogens with zero attached hydrogens (tertiary/aromatic N) is 3. The van der Waals surface area contributed by atoms with E-state index >= 15 is 0 Å². The number of carbonyl (C=O) groups excluding carboxylic acids is 2. The molecule has 0 fully saturated rings. The molecule has 0 atom stereocenters. The van der Waals surface area contributed by atoms with Crippen molar-refractivity contribution >= 4 is 34.9 Å². The van der Waals surface area contributed by atoms with Gasteiger partial charge in [-0.2, -0.15) is 0 Å². The first kappa shape index (κ1) is 17.9. The molecule has 0 spiro atoms. The molecule has 5 nitrogen and oxygen atoms in total. The smallest absolute Gasteiger partial charge is 0.178 e. The molecule has 2 heterocycles. The van der Waals surface area contributed by atoms with Crippen LogP contribution in [-0.2, 0) is 9.59 Å². The van der Waals surface area contributed by atoms with E-state index in [0.717, 1.165) is 0 Å². The number of hydrogen-bond donors (Lipinski definition) is 0. The molecule has 24 heavy (non-hydrogen) atoms. The van der Waals surface area contributed by atoms with Gasteiger partial charge >= 0.3 is 0 Å². The van der Waals surface area contributed by atoms with Crippen LogP contribution in [0.25, 0.3) is 23.3 Å². The maximum atomic E-state index is 12.4. The zero-order valence-electron chi connectivity index (χ0n) is 15.0. The van der Waals surface area contributed by atoms with Crippen molar-refractivity contribution in [2.45, 2.75) is 41.5 Å². The first-order valence-electron chi connectivity index (χ1n) is 7.89. The number of fused-ring (bicyclic) bond motifs is 1. The molecule has 0 aliphatic carbocycles. The quantitative estimate of drug-likeness (QED) is 0.842. The molecule has 0 radical (unpaired) electrons. The van der Waals surface area contributed by atoms with Crippen LogP contribution in [-0.4, -0.2) is 26.5 Å². The lowest BCUT2D eigenvalue weighted by molar-refractivity contribution is -0.120. The minimum atomic E-state index is -0.536. The minimum absolute atomic E-state index is 0.0714. The van der Waals surface area contributed by atoms with Crippen LogP contribution in [0.3, 0.4) is 0 Å². The van der Waals surface area contributed by atoms with Crippen LogP contribution in [0.5, 0.6) is 0 Å². The molecule has 0 unspecified atom stereocenters. The number of carbonyl (C=O) groups is 2. The van der Waals surface area contributed by atoms with Gasteiger partial charge in [0.1, 0.15) is 5.52 Å². The third kappa shape index (κ3) is 4.10. The Kier molecular flexibility index (Phi) is 4.65. The van der Waals surface area contributed by atoms with Crippen molar-refractivity contribution in [3.8, 4) is 0 Å². The van der Waals surface area contributed by atoms with E-state index < -0.39 is 10.8 Å². The van der Waals surface area contributed by atoms with Gasteiger partial charge in [-0.3, -0.25) is 9.59 Å². The third-order valence-corrected chi connectivity index (χ3v) is 3.51.